The number of rotatable bonds is 5. The second-order valence-corrected chi connectivity index (χ2v) is 5.51. The molecule has 2 aromatic rings. The highest BCUT2D eigenvalue weighted by Crippen LogP contribution is 2.26. The highest BCUT2D eigenvalue weighted by Gasteiger charge is 2.14. The summed E-state index contributed by atoms with van der Waals surface area (Å²) in [4.78, 5) is 4.42. The molecule has 0 saturated carbocycles. The number of aryl methyl sites for hydroxylation is 1. The van der Waals surface area contributed by atoms with Crippen LogP contribution in [0.25, 0.3) is 0 Å². The van der Waals surface area contributed by atoms with Crippen LogP contribution in [0.3, 0.4) is 0 Å². The maximum absolute atomic E-state index is 4.42. The van der Waals surface area contributed by atoms with E-state index in [1.807, 2.05) is 18.3 Å². The van der Waals surface area contributed by atoms with Gasteiger partial charge in [-0.3, -0.25) is 4.98 Å². The number of pyridine rings is 1. The van der Waals surface area contributed by atoms with Crippen LogP contribution in [0.1, 0.15) is 29.8 Å². The molecule has 0 spiro atoms. The van der Waals surface area contributed by atoms with Crippen molar-refractivity contribution in [2.24, 2.45) is 0 Å². The second-order valence-electron chi connectivity index (χ2n) is 4.66. The van der Waals surface area contributed by atoms with E-state index in [2.05, 4.69) is 64.3 Å². The second kappa shape index (κ2) is 6.83. The summed E-state index contributed by atoms with van der Waals surface area (Å²) < 4.78 is 1.15. The van der Waals surface area contributed by atoms with E-state index >= 15 is 0 Å². The van der Waals surface area contributed by atoms with Crippen LogP contribution in [0.2, 0.25) is 0 Å². The smallest absolute Gasteiger partial charge is 0.0422 e. The molecule has 1 unspecified atom stereocenters. The van der Waals surface area contributed by atoms with Gasteiger partial charge in [0.25, 0.3) is 0 Å². The van der Waals surface area contributed by atoms with Gasteiger partial charge in [0.1, 0.15) is 0 Å². The summed E-state index contributed by atoms with van der Waals surface area (Å²) in [6.07, 6.45) is 2.75. The van der Waals surface area contributed by atoms with Crippen molar-refractivity contribution >= 4 is 15.9 Å². The fourth-order valence-electron chi connectivity index (χ4n) is 2.20. The van der Waals surface area contributed by atoms with Gasteiger partial charge in [-0.15, -0.1) is 0 Å². The normalized spacial score (nSPS) is 12.4. The lowest BCUT2D eigenvalue weighted by Crippen LogP contribution is -2.23. The molecular formula is C16H19BrN2. The van der Waals surface area contributed by atoms with Gasteiger partial charge in [0.15, 0.2) is 0 Å². The first-order valence-corrected chi connectivity index (χ1v) is 7.39. The van der Waals surface area contributed by atoms with Crippen molar-refractivity contribution in [3.05, 3.63) is 63.9 Å². The van der Waals surface area contributed by atoms with E-state index in [4.69, 9.17) is 0 Å². The number of halogens is 1. The van der Waals surface area contributed by atoms with Gasteiger partial charge in [-0.1, -0.05) is 46.6 Å². The Bertz CT molecular complexity index is 526. The van der Waals surface area contributed by atoms with Crippen LogP contribution < -0.4 is 5.32 Å². The van der Waals surface area contributed by atoms with Gasteiger partial charge in [-0.25, -0.2) is 0 Å². The Hall–Kier alpha value is -1.19. The van der Waals surface area contributed by atoms with E-state index in [9.17, 15) is 0 Å². The Labute approximate surface area is 123 Å². The lowest BCUT2D eigenvalue weighted by Gasteiger charge is -2.20. The number of likely N-dealkylation sites (N-methyl/N-ethyl adjacent to an activating group) is 1. The molecule has 1 aromatic carbocycles. The molecule has 2 rings (SSSR count). The number of benzene rings is 1. The van der Waals surface area contributed by atoms with Gasteiger partial charge in [0.05, 0.1) is 0 Å². The molecule has 100 valence electrons. The first-order valence-electron chi connectivity index (χ1n) is 6.60. The largest absolute Gasteiger partial charge is 0.310 e. The van der Waals surface area contributed by atoms with Crippen LogP contribution in [0.15, 0.2) is 47.1 Å². The Morgan fingerprint density at radius 3 is 2.79 bits per heavy atom. The van der Waals surface area contributed by atoms with E-state index in [0.29, 0.717) is 0 Å². The molecule has 0 aliphatic rings. The number of hydrogen-bond donors (Lipinski definition) is 1. The van der Waals surface area contributed by atoms with Crippen molar-refractivity contribution in [2.45, 2.75) is 26.3 Å². The van der Waals surface area contributed by atoms with Crippen molar-refractivity contribution in [2.75, 3.05) is 6.54 Å². The average molecular weight is 319 g/mol. The topological polar surface area (TPSA) is 24.9 Å². The third-order valence-corrected chi connectivity index (χ3v) is 3.84. The van der Waals surface area contributed by atoms with Crippen LogP contribution >= 0.6 is 15.9 Å². The van der Waals surface area contributed by atoms with Crippen molar-refractivity contribution in [3.8, 4) is 0 Å². The molecule has 1 aromatic heterocycles. The zero-order chi connectivity index (χ0) is 13.7. The summed E-state index contributed by atoms with van der Waals surface area (Å²) in [5.74, 6) is 0. The zero-order valence-corrected chi connectivity index (χ0v) is 12.9. The molecule has 0 aliphatic carbocycles. The van der Waals surface area contributed by atoms with E-state index in [0.717, 1.165) is 23.1 Å². The minimum Gasteiger partial charge on any atom is -0.310 e. The Kier molecular flexibility index (Phi) is 5.11. The third-order valence-electron chi connectivity index (χ3n) is 3.12. The summed E-state index contributed by atoms with van der Waals surface area (Å²) in [7, 11) is 0. The summed E-state index contributed by atoms with van der Waals surface area (Å²) in [5, 5.41) is 3.55. The number of nitrogens with zero attached hydrogens (tertiary/aromatic N) is 1. The van der Waals surface area contributed by atoms with E-state index in [1.54, 1.807) is 0 Å². The van der Waals surface area contributed by atoms with E-state index in [-0.39, 0.29) is 6.04 Å². The molecule has 19 heavy (non-hydrogen) atoms. The number of aromatic nitrogens is 1. The molecule has 1 heterocycles. The third kappa shape index (κ3) is 3.88. The van der Waals surface area contributed by atoms with Crippen LogP contribution in [-0.4, -0.2) is 11.5 Å². The average Bonchev–Trinajstić information content (AvgIpc) is 2.42. The quantitative estimate of drug-likeness (QED) is 0.899. The molecule has 1 N–H and O–H groups in total. The first kappa shape index (κ1) is 14.2. The van der Waals surface area contributed by atoms with Crippen LogP contribution in [-0.2, 0) is 6.42 Å². The predicted molar refractivity (Wildman–Crippen MR) is 83.2 cm³/mol. The maximum Gasteiger partial charge on any atom is 0.0422 e. The van der Waals surface area contributed by atoms with Gasteiger partial charge in [-0.2, -0.15) is 0 Å². The molecular weight excluding hydrogens is 300 g/mol. The monoisotopic (exact) mass is 318 g/mol. The molecule has 0 bridgehead atoms. The van der Waals surface area contributed by atoms with Crippen molar-refractivity contribution in [1.29, 1.82) is 0 Å². The van der Waals surface area contributed by atoms with Gasteiger partial charge in [0.2, 0.25) is 0 Å². The van der Waals surface area contributed by atoms with Crippen LogP contribution in [0, 0.1) is 6.92 Å². The Morgan fingerprint density at radius 2 is 2.11 bits per heavy atom. The zero-order valence-electron chi connectivity index (χ0n) is 11.4. The summed E-state index contributed by atoms with van der Waals surface area (Å²) >= 11 is 3.65. The first-order chi connectivity index (χ1) is 9.20. The Morgan fingerprint density at radius 1 is 1.26 bits per heavy atom. The minimum absolute atomic E-state index is 0.286. The number of hydrogen-bond acceptors (Lipinski definition) is 2. The molecule has 0 radical (unpaired) electrons. The Balaban J connectivity index is 2.27. The van der Waals surface area contributed by atoms with Gasteiger partial charge in [0, 0.05) is 28.8 Å². The lowest BCUT2D eigenvalue weighted by atomic mass is 10.00. The summed E-state index contributed by atoms with van der Waals surface area (Å²) in [6.45, 7) is 5.20. The van der Waals surface area contributed by atoms with E-state index < -0.39 is 0 Å². The van der Waals surface area contributed by atoms with Crippen molar-refractivity contribution in [3.63, 3.8) is 0 Å². The van der Waals surface area contributed by atoms with Gasteiger partial charge >= 0.3 is 0 Å². The number of nitrogens with one attached hydrogen (secondary N) is 1. The molecule has 0 saturated heterocycles. The van der Waals surface area contributed by atoms with E-state index in [1.165, 1.54) is 11.1 Å². The highest BCUT2D eigenvalue weighted by molar-refractivity contribution is 9.10. The lowest BCUT2D eigenvalue weighted by molar-refractivity contribution is 0.542. The van der Waals surface area contributed by atoms with Crippen LogP contribution in [0.5, 0.6) is 0 Å². The molecule has 0 fully saturated rings. The molecule has 3 heteroatoms. The van der Waals surface area contributed by atoms with Gasteiger partial charge in [-0.05, 0) is 37.2 Å². The van der Waals surface area contributed by atoms with Crippen molar-refractivity contribution in [1.82, 2.24) is 10.3 Å². The predicted octanol–water partition coefficient (Wildman–Crippen LogP) is 4.05. The highest BCUT2D eigenvalue weighted by atomic mass is 79.9. The standard InChI is InChI=1S/C16H19BrN2/c1-3-18-16(11-13-6-4-5-9-19-13)14-10-12(2)7-8-15(14)17/h4-10,16,18H,3,11H2,1-2H3. The SMILES string of the molecule is CCNC(Cc1ccccn1)c1cc(C)ccc1Br. The molecule has 0 amide bonds. The fraction of sp³-hybridized carbons (Fsp3) is 0.312. The van der Waals surface area contributed by atoms with Crippen LogP contribution in [0.4, 0.5) is 0 Å². The minimum atomic E-state index is 0.286. The van der Waals surface area contributed by atoms with Gasteiger partial charge < -0.3 is 5.32 Å². The summed E-state index contributed by atoms with van der Waals surface area (Å²) in [6, 6.07) is 12.8. The van der Waals surface area contributed by atoms with Crippen molar-refractivity contribution < 1.29 is 0 Å². The maximum atomic E-state index is 4.42. The summed E-state index contributed by atoms with van der Waals surface area (Å²) in [5.41, 5.74) is 3.69. The molecule has 2 nitrogen and oxygen atoms in total. The fourth-order valence-corrected chi connectivity index (χ4v) is 2.72. The molecule has 0 aliphatic heterocycles. The molecule has 1 atom stereocenters.